The second-order valence-corrected chi connectivity index (χ2v) is 4.55. The lowest BCUT2D eigenvalue weighted by molar-refractivity contribution is 0.475. The number of phenolic OH excluding ortho intramolecular Hbond substituents is 1. The summed E-state index contributed by atoms with van der Waals surface area (Å²) < 4.78 is 0. The first kappa shape index (κ1) is 9.58. The van der Waals surface area contributed by atoms with E-state index in [2.05, 4.69) is 16.3 Å². The molecule has 0 amide bonds. The highest BCUT2D eigenvalue weighted by atomic mass is 16.3. The van der Waals surface area contributed by atoms with E-state index < -0.39 is 0 Å². The molecule has 2 atom stereocenters. The topological polar surface area (TPSA) is 45.0 Å². The smallest absolute Gasteiger partial charge is 0.115 e. The average Bonchev–Trinajstić information content (AvgIpc) is 2.90. The number of aromatic hydroxyl groups is 1. The normalized spacial score (nSPS) is 27.6. The summed E-state index contributed by atoms with van der Waals surface area (Å²) in [4.78, 5) is 0. The lowest BCUT2D eigenvalue weighted by Crippen LogP contribution is -2.09. The van der Waals surface area contributed by atoms with Gasteiger partial charge in [-0.15, -0.1) is 0 Å². The molecule has 2 unspecified atom stereocenters. The number of azo groups is 1. The van der Waals surface area contributed by atoms with Gasteiger partial charge < -0.3 is 5.11 Å². The third kappa shape index (κ3) is 1.73. The van der Waals surface area contributed by atoms with E-state index in [0.29, 0.717) is 5.92 Å². The Morgan fingerprint density at radius 1 is 1.19 bits per heavy atom. The number of hydrogen-bond acceptors (Lipinski definition) is 3. The molecule has 82 valence electrons. The summed E-state index contributed by atoms with van der Waals surface area (Å²) in [5.41, 5.74) is 2.36. The minimum absolute atomic E-state index is 0.265. The average molecular weight is 214 g/mol. The predicted octanol–water partition coefficient (Wildman–Crippen LogP) is 3.58. The fraction of sp³-hybridized carbons (Fsp3) is 0.385. The molecule has 0 saturated heterocycles. The standard InChI is InChI=1S/C13H14N2O/c16-12-5-3-11(4-6-12)14-15-13-8-9-1-2-10(13)7-9/h3-6,8,10,13,16H,1-2,7H2. The van der Waals surface area contributed by atoms with Crippen LogP contribution < -0.4 is 0 Å². The van der Waals surface area contributed by atoms with Gasteiger partial charge in [0.05, 0.1) is 11.7 Å². The van der Waals surface area contributed by atoms with Crippen LogP contribution in [-0.4, -0.2) is 11.1 Å². The summed E-state index contributed by atoms with van der Waals surface area (Å²) in [6, 6.07) is 7.11. The second-order valence-electron chi connectivity index (χ2n) is 4.55. The molecule has 1 aromatic rings. The second kappa shape index (κ2) is 3.74. The Hall–Kier alpha value is -1.64. The van der Waals surface area contributed by atoms with Gasteiger partial charge in [0.25, 0.3) is 0 Å². The monoisotopic (exact) mass is 214 g/mol. The number of nitrogens with zero attached hydrogens (tertiary/aromatic N) is 2. The molecule has 1 fully saturated rings. The maximum absolute atomic E-state index is 9.14. The van der Waals surface area contributed by atoms with Crippen molar-refractivity contribution in [2.45, 2.75) is 25.3 Å². The van der Waals surface area contributed by atoms with Crippen molar-refractivity contribution in [3.05, 3.63) is 35.9 Å². The quantitative estimate of drug-likeness (QED) is 0.593. The van der Waals surface area contributed by atoms with Crippen molar-refractivity contribution in [1.82, 2.24) is 0 Å². The maximum Gasteiger partial charge on any atom is 0.115 e. The van der Waals surface area contributed by atoms with Crippen molar-refractivity contribution >= 4 is 5.69 Å². The molecular weight excluding hydrogens is 200 g/mol. The molecule has 2 aliphatic carbocycles. The van der Waals surface area contributed by atoms with Crippen molar-refractivity contribution in [1.29, 1.82) is 0 Å². The van der Waals surface area contributed by atoms with Crippen molar-refractivity contribution in [3.63, 3.8) is 0 Å². The predicted molar refractivity (Wildman–Crippen MR) is 61.8 cm³/mol. The number of benzene rings is 1. The fourth-order valence-corrected chi connectivity index (χ4v) is 2.51. The molecule has 1 saturated carbocycles. The third-order valence-electron chi connectivity index (χ3n) is 3.41. The molecule has 3 heteroatoms. The zero-order valence-corrected chi connectivity index (χ0v) is 9.00. The molecule has 3 nitrogen and oxygen atoms in total. The van der Waals surface area contributed by atoms with Gasteiger partial charge in [-0.25, -0.2) is 0 Å². The molecule has 16 heavy (non-hydrogen) atoms. The summed E-state index contributed by atoms with van der Waals surface area (Å²) in [6.07, 6.45) is 6.01. The molecule has 0 aliphatic heterocycles. The Labute approximate surface area is 94.5 Å². The molecule has 2 bridgehead atoms. The molecule has 1 aromatic carbocycles. The van der Waals surface area contributed by atoms with Crippen molar-refractivity contribution < 1.29 is 5.11 Å². The van der Waals surface area contributed by atoms with Gasteiger partial charge in [-0.1, -0.05) is 11.6 Å². The number of fused-ring (bicyclic) bond motifs is 2. The fourth-order valence-electron chi connectivity index (χ4n) is 2.51. The Bertz CT molecular complexity index is 448. The first-order valence-corrected chi connectivity index (χ1v) is 5.71. The van der Waals surface area contributed by atoms with Crippen LogP contribution in [-0.2, 0) is 0 Å². The lowest BCUT2D eigenvalue weighted by Gasteiger charge is -2.11. The minimum atomic E-state index is 0.265. The maximum atomic E-state index is 9.14. The number of phenols is 1. The largest absolute Gasteiger partial charge is 0.508 e. The van der Waals surface area contributed by atoms with Crippen LogP contribution in [0.25, 0.3) is 0 Å². The van der Waals surface area contributed by atoms with Gasteiger partial charge in [-0.3, -0.25) is 0 Å². The first-order chi connectivity index (χ1) is 7.81. The van der Waals surface area contributed by atoms with Crippen molar-refractivity contribution in [2.75, 3.05) is 0 Å². The Morgan fingerprint density at radius 2 is 2.00 bits per heavy atom. The van der Waals surface area contributed by atoms with E-state index in [1.165, 1.54) is 19.3 Å². The van der Waals surface area contributed by atoms with Gasteiger partial charge in [0.1, 0.15) is 5.75 Å². The Morgan fingerprint density at radius 3 is 2.62 bits per heavy atom. The van der Waals surface area contributed by atoms with Crippen LogP contribution in [0.3, 0.4) is 0 Å². The van der Waals surface area contributed by atoms with Crippen LogP contribution >= 0.6 is 0 Å². The molecule has 0 spiro atoms. The summed E-state index contributed by atoms with van der Waals surface area (Å²) in [7, 11) is 0. The SMILES string of the molecule is Oc1ccc(N=NC2C=C3CCC2C3)cc1. The summed E-state index contributed by atoms with van der Waals surface area (Å²) in [5.74, 6) is 0.955. The van der Waals surface area contributed by atoms with Gasteiger partial charge in [-0.2, -0.15) is 10.2 Å². The van der Waals surface area contributed by atoms with Crippen LogP contribution in [0.2, 0.25) is 0 Å². The molecule has 0 aromatic heterocycles. The van der Waals surface area contributed by atoms with Crippen LogP contribution in [0, 0.1) is 5.92 Å². The van der Waals surface area contributed by atoms with Gasteiger partial charge in [0.15, 0.2) is 0 Å². The first-order valence-electron chi connectivity index (χ1n) is 5.71. The van der Waals surface area contributed by atoms with Crippen molar-refractivity contribution in [3.8, 4) is 5.75 Å². The highest BCUT2D eigenvalue weighted by Gasteiger charge is 2.32. The highest BCUT2D eigenvalue weighted by molar-refractivity contribution is 5.40. The van der Waals surface area contributed by atoms with Crippen molar-refractivity contribution in [2.24, 2.45) is 16.1 Å². The molecular formula is C13H14N2O. The van der Waals surface area contributed by atoms with Crippen LogP contribution in [0.4, 0.5) is 5.69 Å². The van der Waals surface area contributed by atoms with Gasteiger partial charge in [0.2, 0.25) is 0 Å². The van der Waals surface area contributed by atoms with E-state index in [9.17, 15) is 0 Å². The number of rotatable bonds is 2. The van der Waals surface area contributed by atoms with Gasteiger partial charge in [0, 0.05) is 0 Å². The van der Waals surface area contributed by atoms with Crippen LogP contribution in [0.5, 0.6) is 5.75 Å². The van der Waals surface area contributed by atoms with Crippen LogP contribution in [0.15, 0.2) is 46.1 Å². The third-order valence-corrected chi connectivity index (χ3v) is 3.41. The summed E-state index contributed by atoms with van der Waals surface area (Å²) >= 11 is 0. The molecule has 0 radical (unpaired) electrons. The zero-order chi connectivity index (χ0) is 11.0. The van der Waals surface area contributed by atoms with E-state index in [1.54, 1.807) is 29.8 Å². The molecule has 1 N–H and O–H groups in total. The molecule has 0 heterocycles. The number of hydrogen-bond donors (Lipinski definition) is 1. The highest BCUT2D eigenvalue weighted by Crippen LogP contribution is 2.41. The van der Waals surface area contributed by atoms with Crippen LogP contribution in [0.1, 0.15) is 19.3 Å². The van der Waals surface area contributed by atoms with Gasteiger partial charge in [-0.05, 0) is 49.4 Å². The van der Waals surface area contributed by atoms with E-state index in [1.807, 2.05) is 0 Å². The van der Waals surface area contributed by atoms with E-state index in [-0.39, 0.29) is 11.8 Å². The molecule has 2 aliphatic rings. The molecule has 3 rings (SSSR count). The number of allylic oxidation sites excluding steroid dienone is 1. The van der Waals surface area contributed by atoms with E-state index >= 15 is 0 Å². The lowest BCUT2D eigenvalue weighted by atomic mass is 10.0. The van der Waals surface area contributed by atoms with Gasteiger partial charge >= 0.3 is 0 Å². The minimum Gasteiger partial charge on any atom is -0.508 e. The summed E-state index contributed by atoms with van der Waals surface area (Å²) in [5, 5.41) is 17.7. The van der Waals surface area contributed by atoms with E-state index in [4.69, 9.17) is 5.11 Å². The van der Waals surface area contributed by atoms with E-state index in [0.717, 1.165) is 5.69 Å². The Balaban J connectivity index is 1.73. The zero-order valence-electron chi connectivity index (χ0n) is 9.00. The summed E-state index contributed by atoms with van der Waals surface area (Å²) in [6.45, 7) is 0. The Kier molecular flexibility index (Phi) is 2.24.